The Morgan fingerprint density at radius 3 is 1.30 bits per heavy atom. The largest absolute Gasteiger partial charge is 0.472 e. The van der Waals surface area contributed by atoms with Gasteiger partial charge in [0.2, 0.25) is 0 Å². The molecule has 1 fully saturated rings. The molecule has 0 spiro atoms. The highest BCUT2D eigenvalue weighted by Gasteiger charge is 2.51. The SMILES string of the molecule is CC/C=C\C/C=C\C/C=C\C/C=C\C/C=C\C/C=C\CCCCCCCOCC(COP(=O)(O)OC1C(O)C(O)C(O)C(O)C1O)OC(=O)CCCCCCCCC/C=C\C/C=C\CCCCCC. The number of esters is 1. The van der Waals surface area contributed by atoms with Gasteiger partial charge in [-0.25, -0.2) is 4.57 Å². The Kier molecular flexibility index (Phi) is 42.1. The van der Waals surface area contributed by atoms with E-state index in [1.807, 2.05) is 0 Å². The van der Waals surface area contributed by atoms with Crippen LogP contribution in [0.5, 0.6) is 0 Å². The van der Waals surface area contributed by atoms with Crippen molar-refractivity contribution >= 4 is 13.8 Å². The average molecular weight is 991 g/mol. The van der Waals surface area contributed by atoms with Crippen LogP contribution >= 0.6 is 7.82 Å². The number of phosphoric ester groups is 1. The number of carbonyl (C=O) groups excluding carboxylic acids is 1. The van der Waals surface area contributed by atoms with Crippen LogP contribution in [-0.4, -0.2) is 98.9 Å². The first-order valence-corrected chi connectivity index (χ1v) is 28.1. The fraction of sp³-hybridized carbons (Fsp3) is 0.696. The maximum absolute atomic E-state index is 12.9. The van der Waals surface area contributed by atoms with E-state index >= 15 is 0 Å². The van der Waals surface area contributed by atoms with Crippen LogP contribution in [0.2, 0.25) is 0 Å². The zero-order valence-corrected chi connectivity index (χ0v) is 43.5. The first kappa shape index (κ1) is 64.3. The van der Waals surface area contributed by atoms with E-state index in [2.05, 4.69) is 111 Å². The summed E-state index contributed by atoms with van der Waals surface area (Å²) in [4.78, 5) is 23.3. The van der Waals surface area contributed by atoms with Gasteiger partial charge in [-0.3, -0.25) is 13.8 Å². The second-order valence-electron chi connectivity index (χ2n) is 18.0. The van der Waals surface area contributed by atoms with Gasteiger partial charge in [0.25, 0.3) is 0 Å². The third-order valence-electron chi connectivity index (χ3n) is 11.7. The molecule has 1 aliphatic carbocycles. The molecule has 0 aromatic carbocycles. The molecule has 1 aliphatic rings. The molecule has 1 saturated carbocycles. The van der Waals surface area contributed by atoms with Crippen LogP contribution in [0.1, 0.15) is 187 Å². The van der Waals surface area contributed by atoms with Crippen LogP contribution in [-0.2, 0) is 27.9 Å². The monoisotopic (exact) mass is 991 g/mol. The van der Waals surface area contributed by atoms with Crippen molar-refractivity contribution in [1.82, 2.24) is 0 Å². The number of rotatable bonds is 44. The smallest absolute Gasteiger partial charge is 0.457 e. The van der Waals surface area contributed by atoms with Gasteiger partial charge in [-0.15, -0.1) is 0 Å². The average Bonchev–Trinajstić information content (AvgIpc) is 3.34. The maximum Gasteiger partial charge on any atom is 0.472 e. The summed E-state index contributed by atoms with van der Waals surface area (Å²) in [5.74, 6) is -0.496. The second kappa shape index (κ2) is 45.1. The Labute approximate surface area is 417 Å². The highest BCUT2D eigenvalue weighted by atomic mass is 31.2. The molecule has 0 aromatic rings. The topological polar surface area (TPSA) is 192 Å². The molecule has 6 atom stereocenters. The molecule has 396 valence electrons. The van der Waals surface area contributed by atoms with E-state index in [1.54, 1.807) is 0 Å². The minimum atomic E-state index is -5.04. The molecular weight excluding hydrogens is 896 g/mol. The van der Waals surface area contributed by atoms with Gasteiger partial charge >= 0.3 is 13.8 Å². The molecule has 0 radical (unpaired) electrons. The summed E-state index contributed by atoms with van der Waals surface area (Å²) in [6.45, 7) is 4.08. The first-order chi connectivity index (χ1) is 33.5. The standard InChI is InChI=1S/C56H95O12P/c1-3-5-7-9-11-13-15-17-19-21-23-24-25-26-27-28-30-32-34-36-38-40-42-44-46-65-47-49(48-66-69(63,64)68-56-54(61)52(59)51(58)53(60)55(56)62)67-50(57)45-43-41-39-37-35-33-31-29-22-20-18-16-14-12-10-8-6-4-2/h5,7,11,13-14,16-17,19-20,22-24,26-27,30,32,49,51-56,58-62H,3-4,6,8-10,12,15,18,21,25,28-29,31,33-48H2,1-2H3,(H,63,64)/b7-5-,13-11-,16-14-,19-17-,22-20-,24-23-,27-26-,32-30-. The molecule has 13 heteroatoms. The van der Waals surface area contributed by atoms with Crippen LogP contribution in [0.4, 0.5) is 0 Å². The summed E-state index contributed by atoms with van der Waals surface area (Å²) >= 11 is 0. The van der Waals surface area contributed by atoms with Crippen LogP contribution in [0.3, 0.4) is 0 Å². The van der Waals surface area contributed by atoms with Crippen LogP contribution < -0.4 is 0 Å². The zero-order valence-electron chi connectivity index (χ0n) is 42.6. The zero-order chi connectivity index (χ0) is 50.5. The van der Waals surface area contributed by atoms with E-state index in [9.17, 15) is 39.8 Å². The fourth-order valence-electron chi connectivity index (χ4n) is 7.51. The lowest BCUT2D eigenvalue weighted by molar-refractivity contribution is -0.220. The van der Waals surface area contributed by atoms with Crippen LogP contribution in [0.25, 0.3) is 0 Å². The van der Waals surface area contributed by atoms with Crippen LogP contribution in [0.15, 0.2) is 97.2 Å². The van der Waals surface area contributed by atoms with Crippen LogP contribution in [0, 0.1) is 0 Å². The normalized spacial score (nSPS) is 21.8. The molecular formula is C56H95O12P. The van der Waals surface area contributed by atoms with Gasteiger partial charge in [0.05, 0.1) is 13.2 Å². The number of unbranched alkanes of at least 4 members (excludes halogenated alkanes) is 16. The van der Waals surface area contributed by atoms with Crippen molar-refractivity contribution in [2.24, 2.45) is 0 Å². The van der Waals surface area contributed by atoms with E-state index in [4.69, 9.17) is 18.5 Å². The Balaban J connectivity index is 2.36. The molecule has 0 amide bonds. The number of ether oxygens (including phenoxy) is 2. The number of carbonyl (C=O) groups is 1. The van der Waals surface area contributed by atoms with Gasteiger partial charge in [0, 0.05) is 13.0 Å². The lowest BCUT2D eigenvalue weighted by Gasteiger charge is -2.41. The van der Waals surface area contributed by atoms with Gasteiger partial charge in [-0.1, -0.05) is 182 Å². The summed E-state index contributed by atoms with van der Waals surface area (Å²) in [5, 5.41) is 50.4. The van der Waals surface area contributed by atoms with Crippen molar-refractivity contribution in [1.29, 1.82) is 0 Å². The lowest BCUT2D eigenvalue weighted by Crippen LogP contribution is -2.64. The van der Waals surface area contributed by atoms with Crippen molar-refractivity contribution in [3.63, 3.8) is 0 Å². The van der Waals surface area contributed by atoms with E-state index in [0.717, 1.165) is 116 Å². The quantitative estimate of drug-likeness (QED) is 0.0147. The Morgan fingerprint density at radius 1 is 0.478 bits per heavy atom. The summed E-state index contributed by atoms with van der Waals surface area (Å²) in [6, 6.07) is 0. The molecule has 0 bridgehead atoms. The number of phosphoric acid groups is 1. The van der Waals surface area contributed by atoms with Gasteiger partial charge in [0.15, 0.2) is 0 Å². The summed E-state index contributed by atoms with van der Waals surface area (Å²) in [5.41, 5.74) is 0. The minimum Gasteiger partial charge on any atom is -0.457 e. The third-order valence-corrected chi connectivity index (χ3v) is 12.7. The van der Waals surface area contributed by atoms with Gasteiger partial charge < -0.3 is 39.9 Å². The molecule has 0 aromatic heterocycles. The molecule has 12 nitrogen and oxygen atoms in total. The Bertz CT molecular complexity index is 1500. The first-order valence-electron chi connectivity index (χ1n) is 26.6. The van der Waals surface area contributed by atoms with Crippen molar-refractivity contribution in [3.05, 3.63) is 97.2 Å². The molecule has 0 aliphatic heterocycles. The highest BCUT2D eigenvalue weighted by molar-refractivity contribution is 7.47. The number of aliphatic hydroxyl groups excluding tert-OH is 5. The summed E-state index contributed by atoms with van der Waals surface area (Å²) in [6.07, 6.45) is 50.3. The molecule has 0 saturated heterocycles. The number of aliphatic hydroxyl groups is 5. The number of hydrogen-bond acceptors (Lipinski definition) is 11. The minimum absolute atomic E-state index is 0.0995. The van der Waals surface area contributed by atoms with Crippen molar-refractivity contribution in [2.75, 3.05) is 19.8 Å². The van der Waals surface area contributed by atoms with Crippen molar-refractivity contribution in [3.8, 4) is 0 Å². The third kappa shape index (κ3) is 36.8. The summed E-state index contributed by atoms with van der Waals surface area (Å²) in [7, 11) is -5.04. The molecule has 6 N–H and O–H groups in total. The Morgan fingerprint density at radius 2 is 0.855 bits per heavy atom. The molecule has 1 rings (SSSR count). The maximum atomic E-state index is 12.9. The second-order valence-corrected chi connectivity index (χ2v) is 19.4. The van der Waals surface area contributed by atoms with Gasteiger partial charge in [-0.05, 0) is 96.3 Å². The van der Waals surface area contributed by atoms with Gasteiger partial charge in [-0.2, -0.15) is 0 Å². The van der Waals surface area contributed by atoms with E-state index in [0.29, 0.717) is 13.0 Å². The summed E-state index contributed by atoms with van der Waals surface area (Å²) < 4.78 is 34.3. The molecule has 69 heavy (non-hydrogen) atoms. The predicted octanol–water partition coefficient (Wildman–Crippen LogP) is 12.3. The molecule has 6 unspecified atom stereocenters. The van der Waals surface area contributed by atoms with Gasteiger partial charge in [0.1, 0.15) is 42.7 Å². The van der Waals surface area contributed by atoms with Crippen molar-refractivity contribution < 1.29 is 58.3 Å². The number of allylic oxidation sites excluding steroid dienone is 16. The molecule has 0 heterocycles. The van der Waals surface area contributed by atoms with E-state index < -0.39 is 63.1 Å². The van der Waals surface area contributed by atoms with Crippen molar-refractivity contribution in [2.45, 2.75) is 230 Å². The fourth-order valence-corrected chi connectivity index (χ4v) is 8.48. The lowest BCUT2D eigenvalue weighted by atomic mass is 9.85. The highest BCUT2D eigenvalue weighted by Crippen LogP contribution is 2.47. The van der Waals surface area contributed by atoms with E-state index in [1.165, 1.54) is 44.9 Å². The van der Waals surface area contributed by atoms with E-state index in [-0.39, 0.29) is 13.0 Å². The predicted molar refractivity (Wildman–Crippen MR) is 281 cm³/mol. The Hall–Kier alpha value is -2.74. The number of hydrogen-bond donors (Lipinski definition) is 6.